The first-order valence-electron chi connectivity index (χ1n) is 9.37. The first kappa shape index (κ1) is 25.2. The van der Waals surface area contributed by atoms with E-state index in [1.165, 1.54) is 0 Å². The molecule has 6 nitrogen and oxygen atoms in total. The minimum absolute atomic E-state index is 0.0194. The smallest absolute Gasteiger partial charge is 0.404 e. The van der Waals surface area contributed by atoms with Crippen molar-refractivity contribution in [2.75, 3.05) is 6.61 Å². The molecule has 0 spiro atoms. The molecule has 0 aromatic heterocycles. The van der Waals surface area contributed by atoms with Crippen LogP contribution in [0.25, 0.3) is 4.13 Å². The molecule has 0 N–H and O–H groups in total. The van der Waals surface area contributed by atoms with Crippen LogP contribution in [0.3, 0.4) is 0 Å². The first-order chi connectivity index (χ1) is 15.5. The molecule has 0 saturated heterocycles. The lowest BCUT2D eigenvalue weighted by molar-refractivity contribution is -0.0425. The van der Waals surface area contributed by atoms with Gasteiger partial charge in [0.05, 0.1) is 17.5 Å². The zero-order chi connectivity index (χ0) is 24.1. The zero-order valence-corrected chi connectivity index (χ0v) is 19.3. The lowest BCUT2D eigenvalue weighted by Gasteiger charge is -2.21. The summed E-state index contributed by atoms with van der Waals surface area (Å²) in [6.07, 6.45) is 0.0194. The van der Waals surface area contributed by atoms with E-state index >= 15 is 0 Å². The van der Waals surface area contributed by atoms with Crippen LogP contribution in [0.1, 0.15) is 5.56 Å². The maximum Gasteiger partial charge on any atom is 0.480 e. The van der Waals surface area contributed by atoms with Crippen LogP contribution in [0.4, 0.5) is 13.2 Å². The maximum absolute atomic E-state index is 12.3. The fraction of sp³-hybridized carbons (Fsp3) is 0.143. The highest BCUT2D eigenvalue weighted by Crippen LogP contribution is 2.32. The Morgan fingerprint density at radius 2 is 1.18 bits per heavy atom. The SMILES string of the molecule is O=S(=O)([N-]S(=O)(=O)C(F)(F)F)OCCc1ccc([S+](c2ccccc2)c2ccccc2)cc1. The van der Waals surface area contributed by atoms with Crippen LogP contribution in [0, 0.1) is 0 Å². The van der Waals surface area contributed by atoms with Gasteiger partial charge in [-0.25, -0.2) is 16.8 Å². The third kappa shape index (κ3) is 6.81. The predicted molar refractivity (Wildman–Crippen MR) is 118 cm³/mol. The highest BCUT2D eigenvalue weighted by atomic mass is 32.3. The van der Waals surface area contributed by atoms with Crippen LogP contribution >= 0.6 is 0 Å². The molecule has 0 bridgehead atoms. The Morgan fingerprint density at radius 3 is 1.64 bits per heavy atom. The Balaban J connectivity index is 1.70. The van der Waals surface area contributed by atoms with E-state index in [0.717, 1.165) is 14.7 Å². The molecule has 12 heteroatoms. The van der Waals surface area contributed by atoms with Crippen molar-refractivity contribution in [3.8, 4) is 0 Å². The Hall–Kier alpha value is -2.38. The van der Waals surface area contributed by atoms with Crippen molar-refractivity contribution in [3.63, 3.8) is 0 Å². The zero-order valence-electron chi connectivity index (χ0n) is 16.8. The topological polar surface area (TPSA) is 91.6 Å². The fourth-order valence-electron chi connectivity index (χ4n) is 2.76. The second kappa shape index (κ2) is 10.3. The number of sulfonamides is 1. The van der Waals surface area contributed by atoms with E-state index in [1.807, 2.05) is 76.9 Å². The molecular formula is C21H18F3NO5S3. The lowest BCUT2D eigenvalue weighted by atomic mass is 10.2. The van der Waals surface area contributed by atoms with E-state index in [2.05, 4.69) is 4.18 Å². The molecule has 0 atom stereocenters. The Kier molecular flexibility index (Phi) is 7.85. The second-order valence-corrected chi connectivity index (χ2v) is 11.7. The Bertz CT molecular complexity index is 1230. The van der Waals surface area contributed by atoms with Crippen LogP contribution in [0.2, 0.25) is 0 Å². The van der Waals surface area contributed by atoms with Crippen molar-refractivity contribution in [1.82, 2.24) is 0 Å². The molecule has 0 aliphatic carbocycles. The summed E-state index contributed by atoms with van der Waals surface area (Å²) in [6, 6.07) is 27.0. The lowest BCUT2D eigenvalue weighted by Crippen LogP contribution is -2.25. The standard InChI is InChI=1S/C21H18F3NO5S3/c22-21(23,24)32(26,27)25-33(28,29)30-16-15-17-11-13-20(14-12-17)31(18-7-3-1-4-8-18)19-9-5-2-6-10-19/h1-14H,15-16H2. The quantitative estimate of drug-likeness (QED) is 0.380. The number of halogens is 3. The molecule has 0 radical (unpaired) electrons. The van der Waals surface area contributed by atoms with Gasteiger partial charge in [0.25, 0.3) is 0 Å². The highest BCUT2D eigenvalue weighted by Gasteiger charge is 2.40. The third-order valence-electron chi connectivity index (χ3n) is 4.22. The highest BCUT2D eigenvalue weighted by molar-refractivity contribution is 8.10. The van der Waals surface area contributed by atoms with Crippen molar-refractivity contribution < 1.29 is 34.2 Å². The summed E-state index contributed by atoms with van der Waals surface area (Å²) < 4.78 is 87.8. The normalized spacial score (nSPS) is 12.7. The molecule has 0 fully saturated rings. The summed E-state index contributed by atoms with van der Waals surface area (Å²) in [5, 5.41) is 0. The van der Waals surface area contributed by atoms with Gasteiger partial charge in [0.15, 0.2) is 24.7 Å². The van der Waals surface area contributed by atoms with Crippen LogP contribution in [-0.2, 0) is 41.8 Å². The summed E-state index contributed by atoms with van der Waals surface area (Å²) >= 11 is 0. The van der Waals surface area contributed by atoms with E-state index in [0.29, 0.717) is 5.56 Å². The second-order valence-electron chi connectivity index (χ2n) is 6.57. The minimum Gasteiger partial charge on any atom is -0.404 e. The molecular weight excluding hydrogens is 499 g/mol. The number of benzene rings is 3. The molecule has 3 rings (SSSR count). The van der Waals surface area contributed by atoms with Crippen LogP contribution in [-0.4, -0.2) is 29.0 Å². The molecule has 0 aliphatic heterocycles. The molecule has 0 unspecified atom stereocenters. The molecule has 0 saturated carbocycles. The molecule has 0 heterocycles. The monoisotopic (exact) mass is 517 g/mol. The molecule has 176 valence electrons. The molecule has 0 amide bonds. The van der Waals surface area contributed by atoms with Gasteiger partial charge < -0.3 is 4.13 Å². The number of rotatable bonds is 9. The molecule has 0 aliphatic rings. The molecule has 33 heavy (non-hydrogen) atoms. The fourth-order valence-corrected chi connectivity index (χ4v) is 6.61. The Morgan fingerprint density at radius 1 is 0.727 bits per heavy atom. The number of alkyl halides is 3. The van der Waals surface area contributed by atoms with Crippen molar-refractivity contribution in [1.29, 1.82) is 0 Å². The van der Waals surface area contributed by atoms with Crippen LogP contribution in [0.5, 0.6) is 0 Å². The largest absolute Gasteiger partial charge is 0.480 e. The maximum atomic E-state index is 12.3. The third-order valence-corrected chi connectivity index (χ3v) is 9.02. The molecule has 3 aromatic rings. The Labute approximate surface area is 193 Å². The van der Waals surface area contributed by atoms with Crippen LogP contribution in [0.15, 0.2) is 99.6 Å². The van der Waals surface area contributed by atoms with Gasteiger partial charge >= 0.3 is 5.51 Å². The summed E-state index contributed by atoms with van der Waals surface area (Å²) in [5.41, 5.74) is -5.18. The van der Waals surface area contributed by atoms with Gasteiger partial charge in [0, 0.05) is 0 Å². The van der Waals surface area contributed by atoms with Crippen molar-refractivity contribution in [2.45, 2.75) is 26.6 Å². The van der Waals surface area contributed by atoms with Crippen molar-refractivity contribution in [2.24, 2.45) is 0 Å². The summed E-state index contributed by atoms with van der Waals surface area (Å²) in [5.74, 6) is 0. The number of hydrogen-bond donors (Lipinski definition) is 0. The van der Waals surface area contributed by atoms with Gasteiger partial charge in [-0.05, 0) is 48.4 Å². The average Bonchev–Trinajstić information content (AvgIpc) is 2.75. The minimum atomic E-state index is -6.21. The predicted octanol–water partition coefficient (Wildman–Crippen LogP) is 4.81. The van der Waals surface area contributed by atoms with Gasteiger partial charge in [0.1, 0.15) is 0 Å². The summed E-state index contributed by atoms with van der Waals surface area (Å²) in [6.45, 7) is -0.568. The van der Waals surface area contributed by atoms with Crippen molar-refractivity contribution >= 4 is 31.2 Å². The number of hydrogen-bond acceptors (Lipinski definition) is 5. The van der Waals surface area contributed by atoms with E-state index in [1.54, 1.807) is 12.1 Å². The molecule has 3 aromatic carbocycles. The van der Waals surface area contributed by atoms with E-state index < -0.39 is 32.4 Å². The van der Waals surface area contributed by atoms with E-state index in [4.69, 9.17) is 0 Å². The van der Waals surface area contributed by atoms with Crippen molar-refractivity contribution in [3.05, 3.63) is 94.6 Å². The van der Waals surface area contributed by atoms with E-state index in [-0.39, 0.29) is 17.3 Å². The average molecular weight is 518 g/mol. The van der Waals surface area contributed by atoms with Crippen LogP contribution < -0.4 is 0 Å². The summed E-state index contributed by atoms with van der Waals surface area (Å²) in [7, 11) is -11.9. The van der Waals surface area contributed by atoms with Gasteiger partial charge in [-0.1, -0.05) is 48.5 Å². The van der Waals surface area contributed by atoms with Gasteiger partial charge in [-0.2, -0.15) is 13.2 Å². The van der Waals surface area contributed by atoms with Gasteiger partial charge in [0.2, 0.25) is 10.3 Å². The number of nitrogens with zero attached hydrogens (tertiary/aromatic N) is 1. The van der Waals surface area contributed by atoms with Gasteiger partial charge in [-0.3, -0.25) is 4.18 Å². The van der Waals surface area contributed by atoms with E-state index in [9.17, 15) is 30.0 Å². The van der Waals surface area contributed by atoms with Gasteiger partial charge in [-0.15, -0.1) is 0 Å². The first-order valence-corrected chi connectivity index (χ1v) is 13.4. The summed E-state index contributed by atoms with van der Waals surface area (Å²) in [4.78, 5) is 3.23.